The van der Waals surface area contributed by atoms with Gasteiger partial charge in [-0.3, -0.25) is 37.3 Å². The summed E-state index contributed by atoms with van der Waals surface area (Å²) in [6.07, 6.45) is 70.9. The Morgan fingerprint density at radius 3 is 0.717 bits per heavy atom. The van der Waals surface area contributed by atoms with Crippen molar-refractivity contribution in [3.8, 4) is 0 Å². The van der Waals surface area contributed by atoms with Crippen LogP contribution in [0, 0.1) is 11.8 Å². The predicted molar refractivity (Wildman–Crippen MR) is 437 cm³/mol. The van der Waals surface area contributed by atoms with Crippen molar-refractivity contribution in [3.63, 3.8) is 0 Å². The first-order chi connectivity index (χ1) is 51.4. The summed E-state index contributed by atoms with van der Waals surface area (Å²) in [7, 11) is -9.93. The van der Waals surface area contributed by atoms with E-state index in [0.717, 1.165) is 108 Å². The summed E-state index contributed by atoms with van der Waals surface area (Å²) in [5.41, 5.74) is 0. The number of hydrogen-bond donors (Lipinski definition) is 3. The molecule has 0 saturated carbocycles. The largest absolute Gasteiger partial charge is 0.472 e. The second-order valence-electron chi connectivity index (χ2n) is 32.0. The van der Waals surface area contributed by atoms with Gasteiger partial charge in [-0.15, -0.1) is 0 Å². The van der Waals surface area contributed by atoms with Gasteiger partial charge in [-0.05, 0) is 37.5 Å². The van der Waals surface area contributed by atoms with E-state index in [1.54, 1.807) is 0 Å². The lowest BCUT2D eigenvalue weighted by molar-refractivity contribution is -0.161. The molecule has 0 heterocycles. The number of esters is 4. The number of unbranched alkanes of at least 4 members (excludes halogenated alkanes) is 55. The summed E-state index contributed by atoms with van der Waals surface area (Å²) in [6, 6.07) is 0. The van der Waals surface area contributed by atoms with Gasteiger partial charge in [-0.2, -0.15) is 0 Å². The van der Waals surface area contributed by atoms with E-state index in [4.69, 9.17) is 37.0 Å². The summed E-state index contributed by atoms with van der Waals surface area (Å²) >= 11 is 0. The van der Waals surface area contributed by atoms with Crippen molar-refractivity contribution in [1.82, 2.24) is 0 Å². The summed E-state index contributed by atoms with van der Waals surface area (Å²) in [5, 5.41) is 10.7. The molecule has 106 heavy (non-hydrogen) atoms. The first kappa shape index (κ1) is 104. The maximum Gasteiger partial charge on any atom is 0.472 e. The second-order valence-corrected chi connectivity index (χ2v) is 34.9. The van der Waals surface area contributed by atoms with Crippen LogP contribution in [0.2, 0.25) is 0 Å². The molecule has 0 amide bonds. The van der Waals surface area contributed by atoms with Gasteiger partial charge < -0.3 is 33.8 Å². The number of rotatable bonds is 86. The summed E-state index contributed by atoms with van der Waals surface area (Å²) < 4.78 is 68.9. The van der Waals surface area contributed by atoms with Crippen LogP contribution in [0.4, 0.5) is 0 Å². The molecule has 3 unspecified atom stereocenters. The molecule has 19 heteroatoms. The number of hydrogen-bond acceptors (Lipinski definition) is 15. The number of carbonyl (C=O) groups is 4. The van der Waals surface area contributed by atoms with Gasteiger partial charge >= 0.3 is 39.5 Å². The Morgan fingerprint density at radius 1 is 0.274 bits per heavy atom. The molecule has 0 saturated heterocycles. The standard InChI is InChI=1S/C87H170O17P2/c1-7-10-12-14-16-18-20-22-24-26-27-28-29-31-35-40-44-48-52-60-65-71-86(91)103-82(75-97-84(89)69-63-57-50-46-42-38-36-32-33-37-41-45-49-55-61-67-79(4)5)77-101-105(93,94)99-73-81(88)74-100-106(95,96)102-78-83(76-98-85(90)70-64-58-54-53-56-62-68-80(6)9-3)104-87(92)72-66-59-51-47-43-39-34-30-25-23-21-19-17-15-13-11-8-2/h79-83,88H,7-78H2,1-6H3,(H,93,94)(H,95,96)/t80?,81-,82-,83-/m1/s1. The van der Waals surface area contributed by atoms with Crippen LogP contribution < -0.4 is 0 Å². The third kappa shape index (κ3) is 78.7. The molecule has 6 atom stereocenters. The van der Waals surface area contributed by atoms with Gasteiger partial charge in [0, 0.05) is 25.7 Å². The van der Waals surface area contributed by atoms with E-state index < -0.39 is 97.5 Å². The average molecular weight is 1550 g/mol. The maximum atomic E-state index is 13.2. The number of phosphoric ester groups is 2. The monoisotopic (exact) mass is 1550 g/mol. The molecule has 0 aromatic rings. The maximum absolute atomic E-state index is 13.2. The molecule has 0 rings (SSSR count). The molecule has 0 aliphatic carbocycles. The van der Waals surface area contributed by atoms with Gasteiger partial charge in [0.25, 0.3) is 0 Å². The summed E-state index contributed by atoms with van der Waals surface area (Å²) in [5.74, 6) is -0.565. The number of aliphatic hydroxyl groups is 1. The highest BCUT2D eigenvalue weighted by molar-refractivity contribution is 7.47. The molecule has 0 aromatic carbocycles. The van der Waals surface area contributed by atoms with E-state index >= 15 is 0 Å². The predicted octanol–water partition coefficient (Wildman–Crippen LogP) is 26.6. The third-order valence-corrected chi connectivity index (χ3v) is 22.7. The lowest BCUT2D eigenvalue weighted by atomic mass is 10.00. The Morgan fingerprint density at radius 2 is 0.481 bits per heavy atom. The van der Waals surface area contributed by atoms with Gasteiger partial charge in [0.15, 0.2) is 12.2 Å². The van der Waals surface area contributed by atoms with Crippen molar-refractivity contribution in [2.45, 2.75) is 484 Å². The smallest absolute Gasteiger partial charge is 0.462 e. The fourth-order valence-electron chi connectivity index (χ4n) is 13.6. The van der Waals surface area contributed by atoms with Crippen molar-refractivity contribution in [3.05, 3.63) is 0 Å². The molecule has 0 bridgehead atoms. The van der Waals surface area contributed by atoms with Crippen molar-refractivity contribution in [1.29, 1.82) is 0 Å². The van der Waals surface area contributed by atoms with Crippen LogP contribution in [0.1, 0.15) is 465 Å². The molecular formula is C87H170O17P2. The van der Waals surface area contributed by atoms with Crippen LogP contribution >= 0.6 is 15.6 Å². The number of aliphatic hydroxyl groups excluding tert-OH is 1. The van der Waals surface area contributed by atoms with Gasteiger partial charge in [-0.25, -0.2) is 9.13 Å². The average Bonchev–Trinajstić information content (AvgIpc) is 0.902. The third-order valence-electron chi connectivity index (χ3n) is 20.8. The minimum Gasteiger partial charge on any atom is -0.462 e. The van der Waals surface area contributed by atoms with Gasteiger partial charge in [0.1, 0.15) is 19.3 Å². The van der Waals surface area contributed by atoms with Crippen molar-refractivity contribution in [2.24, 2.45) is 11.8 Å². The van der Waals surface area contributed by atoms with Gasteiger partial charge in [-0.1, -0.05) is 414 Å². The quantitative estimate of drug-likeness (QED) is 0.0222. The summed E-state index contributed by atoms with van der Waals surface area (Å²) in [6.45, 7) is 9.67. The second kappa shape index (κ2) is 78.3. The SMILES string of the molecule is CCCCCCCCCCCCCCCCCCCCCCCC(=O)O[C@H](COC(=O)CCCCCCCCCCCCCCCCCC(C)C)COP(=O)(O)OC[C@@H](O)COP(=O)(O)OC[C@@H](COC(=O)CCCCCCCCC(C)CC)OC(=O)CCCCCCCCCCCCCCCCCCC. The van der Waals surface area contributed by atoms with Gasteiger partial charge in [0.05, 0.1) is 26.4 Å². The molecule has 3 N–H and O–H groups in total. The molecule has 0 aliphatic heterocycles. The van der Waals surface area contributed by atoms with E-state index in [1.807, 2.05) is 0 Å². The molecule has 630 valence electrons. The van der Waals surface area contributed by atoms with Crippen LogP contribution in [0.15, 0.2) is 0 Å². The minimum atomic E-state index is -4.97. The van der Waals surface area contributed by atoms with E-state index in [-0.39, 0.29) is 25.7 Å². The van der Waals surface area contributed by atoms with Crippen molar-refractivity contribution in [2.75, 3.05) is 39.6 Å². The zero-order valence-electron chi connectivity index (χ0n) is 69.7. The zero-order chi connectivity index (χ0) is 77.8. The molecule has 0 radical (unpaired) electrons. The Hall–Kier alpha value is -1.94. The van der Waals surface area contributed by atoms with Crippen molar-refractivity contribution >= 4 is 39.5 Å². The Bertz CT molecular complexity index is 2030. The number of phosphoric acid groups is 2. The van der Waals surface area contributed by atoms with E-state index in [0.29, 0.717) is 25.7 Å². The summed E-state index contributed by atoms with van der Waals surface area (Å²) in [4.78, 5) is 73.2. The number of carbonyl (C=O) groups excluding carboxylic acids is 4. The fourth-order valence-corrected chi connectivity index (χ4v) is 15.1. The first-order valence-electron chi connectivity index (χ1n) is 45.0. The normalized spacial score (nSPS) is 14.1. The molecule has 0 spiro atoms. The van der Waals surface area contributed by atoms with Crippen LogP contribution in [0.3, 0.4) is 0 Å². The molecule has 17 nitrogen and oxygen atoms in total. The molecule has 0 aliphatic rings. The first-order valence-corrected chi connectivity index (χ1v) is 48.0. The van der Waals surface area contributed by atoms with Gasteiger partial charge in [0.2, 0.25) is 0 Å². The van der Waals surface area contributed by atoms with E-state index in [2.05, 4.69) is 41.5 Å². The highest BCUT2D eigenvalue weighted by Crippen LogP contribution is 2.45. The van der Waals surface area contributed by atoms with E-state index in [1.165, 1.54) is 276 Å². The Balaban J connectivity index is 5.23. The van der Waals surface area contributed by atoms with Crippen LogP contribution in [0.5, 0.6) is 0 Å². The van der Waals surface area contributed by atoms with Crippen molar-refractivity contribution < 1.29 is 80.2 Å². The van der Waals surface area contributed by atoms with Crippen LogP contribution in [0.25, 0.3) is 0 Å². The van der Waals surface area contributed by atoms with Crippen LogP contribution in [-0.4, -0.2) is 96.7 Å². The molecule has 0 fully saturated rings. The lowest BCUT2D eigenvalue weighted by Gasteiger charge is -2.21. The lowest BCUT2D eigenvalue weighted by Crippen LogP contribution is -2.30. The zero-order valence-corrected chi connectivity index (χ0v) is 71.5. The molecular weight excluding hydrogens is 1380 g/mol. The molecule has 0 aromatic heterocycles. The minimum absolute atomic E-state index is 0.108. The topological polar surface area (TPSA) is 237 Å². The highest BCUT2D eigenvalue weighted by Gasteiger charge is 2.30. The number of ether oxygens (including phenoxy) is 4. The fraction of sp³-hybridized carbons (Fsp3) is 0.954. The Kier molecular flexibility index (Phi) is 76.9. The highest BCUT2D eigenvalue weighted by atomic mass is 31.2. The van der Waals surface area contributed by atoms with Crippen LogP contribution in [-0.2, 0) is 65.4 Å². The Labute approximate surface area is 651 Å². The van der Waals surface area contributed by atoms with E-state index in [9.17, 15) is 43.2 Å².